The van der Waals surface area contributed by atoms with Crippen molar-refractivity contribution in [2.45, 2.75) is 13.0 Å². The first-order chi connectivity index (χ1) is 15.9. The maximum Gasteiger partial charge on any atom is 0.300 e. The van der Waals surface area contributed by atoms with Gasteiger partial charge in [0.15, 0.2) is 0 Å². The number of aliphatic hydroxyl groups is 1. The summed E-state index contributed by atoms with van der Waals surface area (Å²) in [6.07, 6.45) is 0. The summed E-state index contributed by atoms with van der Waals surface area (Å²) >= 11 is 0. The van der Waals surface area contributed by atoms with Crippen LogP contribution in [0, 0.1) is 12.7 Å². The SMILES string of the molecule is COc1ccc(N2C(=O)C(=O)/C(=C(/O)c3cc(F)ccc3OC)C2c2ccccc2C)cc1. The summed E-state index contributed by atoms with van der Waals surface area (Å²) in [5.41, 5.74) is 1.78. The molecule has 33 heavy (non-hydrogen) atoms. The number of amides is 1. The van der Waals surface area contributed by atoms with E-state index in [0.29, 0.717) is 17.0 Å². The Balaban J connectivity index is 1.99. The Morgan fingerprint density at radius 1 is 0.970 bits per heavy atom. The predicted molar refractivity (Wildman–Crippen MR) is 122 cm³/mol. The van der Waals surface area contributed by atoms with Crippen molar-refractivity contribution in [2.24, 2.45) is 0 Å². The van der Waals surface area contributed by atoms with Gasteiger partial charge in [-0.15, -0.1) is 0 Å². The third-order valence-corrected chi connectivity index (χ3v) is 5.69. The molecule has 0 saturated carbocycles. The number of hydrogen-bond donors (Lipinski definition) is 1. The largest absolute Gasteiger partial charge is 0.507 e. The van der Waals surface area contributed by atoms with Crippen LogP contribution in [0.15, 0.2) is 72.3 Å². The normalized spacial score (nSPS) is 17.3. The van der Waals surface area contributed by atoms with Crippen LogP contribution in [0.4, 0.5) is 10.1 Å². The third kappa shape index (κ3) is 3.82. The van der Waals surface area contributed by atoms with Crippen LogP contribution in [0.1, 0.15) is 22.7 Å². The molecule has 7 heteroatoms. The van der Waals surface area contributed by atoms with Gasteiger partial charge in [0.05, 0.1) is 31.4 Å². The molecule has 1 fully saturated rings. The number of halogens is 1. The summed E-state index contributed by atoms with van der Waals surface area (Å²) in [6, 6.07) is 16.7. The molecule has 1 saturated heterocycles. The molecule has 0 aromatic heterocycles. The summed E-state index contributed by atoms with van der Waals surface area (Å²) in [6.45, 7) is 1.85. The molecule has 1 atom stereocenters. The van der Waals surface area contributed by atoms with Gasteiger partial charge < -0.3 is 14.6 Å². The molecule has 168 valence electrons. The summed E-state index contributed by atoms with van der Waals surface area (Å²) in [5.74, 6) is -2.03. The maximum absolute atomic E-state index is 14.0. The number of anilines is 1. The number of benzene rings is 3. The molecule has 1 aliphatic heterocycles. The molecular weight excluding hydrogens is 425 g/mol. The van der Waals surface area contributed by atoms with Crippen LogP contribution in [-0.2, 0) is 9.59 Å². The fraction of sp³-hybridized carbons (Fsp3) is 0.154. The van der Waals surface area contributed by atoms with E-state index in [1.165, 1.54) is 31.3 Å². The fourth-order valence-electron chi connectivity index (χ4n) is 4.04. The molecule has 1 unspecified atom stereocenters. The fourth-order valence-corrected chi connectivity index (χ4v) is 4.04. The standard InChI is InChI=1S/C26H22FNO5/c1-15-6-4-5-7-19(15)23-22(24(29)20-14-16(27)8-13-21(20)33-3)25(30)26(31)28(23)17-9-11-18(32-2)12-10-17/h4-14,23,29H,1-3H3/b24-22+. The van der Waals surface area contributed by atoms with E-state index in [0.717, 1.165) is 11.6 Å². The molecule has 0 aliphatic carbocycles. The van der Waals surface area contributed by atoms with Crippen LogP contribution in [0.2, 0.25) is 0 Å². The lowest BCUT2D eigenvalue weighted by Gasteiger charge is -2.27. The molecule has 3 aromatic rings. The van der Waals surface area contributed by atoms with Crippen LogP contribution in [0.25, 0.3) is 5.76 Å². The van der Waals surface area contributed by atoms with Crippen LogP contribution in [0.5, 0.6) is 11.5 Å². The van der Waals surface area contributed by atoms with Crippen LogP contribution >= 0.6 is 0 Å². The Bertz CT molecular complexity index is 1270. The molecule has 0 spiro atoms. The third-order valence-electron chi connectivity index (χ3n) is 5.69. The molecule has 1 N–H and O–H groups in total. The number of nitrogens with zero attached hydrogens (tertiary/aromatic N) is 1. The van der Waals surface area contributed by atoms with Gasteiger partial charge in [0.25, 0.3) is 11.7 Å². The lowest BCUT2D eigenvalue weighted by Crippen LogP contribution is -2.29. The molecule has 1 aliphatic rings. The van der Waals surface area contributed by atoms with Crippen molar-refractivity contribution in [2.75, 3.05) is 19.1 Å². The van der Waals surface area contributed by atoms with E-state index < -0.39 is 29.3 Å². The van der Waals surface area contributed by atoms with Crippen molar-refractivity contribution in [3.05, 3.63) is 94.8 Å². The number of carbonyl (C=O) groups is 2. The molecule has 0 bridgehead atoms. The van der Waals surface area contributed by atoms with Crippen molar-refractivity contribution >= 4 is 23.1 Å². The highest BCUT2D eigenvalue weighted by atomic mass is 19.1. The van der Waals surface area contributed by atoms with Crippen LogP contribution in [0.3, 0.4) is 0 Å². The van der Waals surface area contributed by atoms with E-state index in [9.17, 15) is 19.1 Å². The van der Waals surface area contributed by atoms with Crippen molar-refractivity contribution in [1.82, 2.24) is 0 Å². The molecule has 1 amide bonds. The number of aliphatic hydroxyl groups excluding tert-OH is 1. The zero-order valence-corrected chi connectivity index (χ0v) is 18.3. The van der Waals surface area contributed by atoms with E-state index in [1.807, 2.05) is 19.1 Å². The second-order valence-electron chi connectivity index (χ2n) is 7.57. The smallest absolute Gasteiger partial charge is 0.300 e. The summed E-state index contributed by atoms with van der Waals surface area (Å²) in [7, 11) is 2.90. The van der Waals surface area contributed by atoms with Crippen LogP contribution < -0.4 is 14.4 Å². The summed E-state index contributed by atoms with van der Waals surface area (Å²) in [5, 5.41) is 11.2. The lowest BCUT2D eigenvalue weighted by molar-refractivity contribution is -0.132. The van der Waals surface area contributed by atoms with Crippen molar-refractivity contribution in [3.8, 4) is 11.5 Å². The minimum absolute atomic E-state index is 0.0104. The zero-order chi connectivity index (χ0) is 23.7. The van der Waals surface area contributed by atoms with E-state index in [-0.39, 0.29) is 16.9 Å². The molecule has 3 aromatic carbocycles. The van der Waals surface area contributed by atoms with Crippen molar-refractivity contribution < 1.29 is 28.6 Å². The average Bonchev–Trinajstić information content (AvgIpc) is 3.09. The Kier molecular flexibility index (Phi) is 5.87. The number of ether oxygens (including phenoxy) is 2. The number of ketones is 1. The van der Waals surface area contributed by atoms with E-state index >= 15 is 0 Å². The predicted octanol–water partition coefficient (Wildman–Crippen LogP) is 4.78. The summed E-state index contributed by atoms with van der Waals surface area (Å²) < 4.78 is 24.5. The van der Waals surface area contributed by atoms with Crippen molar-refractivity contribution in [1.29, 1.82) is 0 Å². The maximum atomic E-state index is 14.0. The first-order valence-electron chi connectivity index (χ1n) is 10.2. The van der Waals surface area contributed by atoms with Gasteiger partial charge >= 0.3 is 0 Å². The first-order valence-corrected chi connectivity index (χ1v) is 10.2. The number of rotatable bonds is 5. The molecule has 1 heterocycles. The Hall–Kier alpha value is -4.13. The highest BCUT2D eigenvalue weighted by Crippen LogP contribution is 2.44. The number of methoxy groups -OCH3 is 2. The van der Waals surface area contributed by atoms with E-state index in [1.54, 1.807) is 36.4 Å². The second kappa shape index (κ2) is 8.78. The van der Waals surface area contributed by atoms with Gasteiger partial charge in [-0.1, -0.05) is 24.3 Å². The van der Waals surface area contributed by atoms with Gasteiger partial charge in [-0.25, -0.2) is 4.39 Å². The van der Waals surface area contributed by atoms with Crippen molar-refractivity contribution in [3.63, 3.8) is 0 Å². The minimum Gasteiger partial charge on any atom is -0.507 e. The monoisotopic (exact) mass is 447 g/mol. The number of hydrogen-bond acceptors (Lipinski definition) is 5. The average molecular weight is 447 g/mol. The molecule has 0 radical (unpaired) electrons. The van der Waals surface area contributed by atoms with Crippen LogP contribution in [-0.4, -0.2) is 31.0 Å². The Morgan fingerprint density at radius 2 is 1.67 bits per heavy atom. The summed E-state index contributed by atoms with van der Waals surface area (Å²) in [4.78, 5) is 27.8. The number of carbonyl (C=O) groups excluding carboxylic acids is 2. The quantitative estimate of drug-likeness (QED) is 0.346. The highest BCUT2D eigenvalue weighted by molar-refractivity contribution is 6.51. The topological polar surface area (TPSA) is 76.1 Å². The Labute approximate surface area is 190 Å². The van der Waals surface area contributed by atoms with Gasteiger partial charge in [-0.2, -0.15) is 0 Å². The second-order valence-corrected chi connectivity index (χ2v) is 7.57. The van der Waals surface area contributed by atoms with Gasteiger partial charge in [0.1, 0.15) is 23.1 Å². The van der Waals surface area contributed by atoms with E-state index in [2.05, 4.69) is 0 Å². The number of aryl methyl sites for hydroxylation is 1. The lowest BCUT2D eigenvalue weighted by atomic mass is 9.92. The zero-order valence-electron chi connectivity index (χ0n) is 18.3. The van der Waals surface area contributed by atoms with Gasteiger partial charge in [0.2, 0.25) is 0 Å². The van der Waals surface area contributed by atoms with Gasteiger partial charge in [-0.05, 0) is 60.5 Å². The molecule has 6 nitrogen and oxygen atoms in total. The Morgan fingerprint density at radius 3 is 2.30 bits per heavy atom. The number of Topliss-reactive ketones (excluding diaryl/α,β-unsaturated/α-hetero) is 1. The van der Waals surface area contributed by atoms with Gasteiger partial charge in [-0.3, -0.25) is 14.5 Å². The van der Waals surface area contributed by atoms with Gasteiger partial charge in [0, 0.05) is 5.69 Å². The highest BCUT2D eigenvalue weighted by Gasteiger charge is 2.47. The minimum atomic E-state index is -0.924. The molecular formula is C26H22FNO5. The first kappa shape index (κ1) is 22.1. The molecule has 4 rings (SSSR count). The van der Waals surface area contributed by atoms with E-state index in [4.69, 9.17) is 9.47 Å².